The fourth-order valence-electron chi connectivity index (χ4n) is 4.46. The summed E-state index contributed by atoms with van der Waals surface area (Å²) in [6, 6.07) is 15.3. The van der Waals surface area contributed by atoms with Crippen molar-refractivity contribution in [3.8, 4) is 0 Å². The largest absolute Gasteiger partial charge is 0.367 e. The summed E-state index contributed by atoms with van der Waals surface area (Å²) in [7, 11) is 0. The molecule has 3 aromatic rings. The van der Waals surface area contributed by atoms with Gasteiger partial charge in [0, 0.05) is 82.2 Å². The van der Waals surface area contributed by atoms with Gasteiger partial charge in [-0.3, -0.25) is 0 Å². The Morgan fingerprint density at radius 2 is 1.67 bits per heavy atom. The summed E-state index contributed by atoms with van der Waals surface area (Å²) < 4.78 is 0. The van der Waals surface area contributed by atoms with Crippen LogP contribution in [-0.4, -0.2) is 18.1 Å². The predicted octanol–water partition coefficient (Wildman–Crippen LogP) is 12.2. The summed E-state index contributed by atoms with van der Waals surface area (Å²) in [5.41, 5.74) is 10.1. The molecule has 0 spiro atoms. The van der Waals surface area contributed by atoms with E-state index in [0.717, 1.165) is 37.3 Å². The molecule has 2 aromatic carbocycles. The number of benzene rings is 2. The fourth-order valence-corrected chi connectivity index (χ4v) is 4.46. The van der Waals surface area contributed by atoms with E-state index in [9.17, 15) is 0 Å². The van der Waals surface area contributed by atoms with Crippen LogP contribution in [0.2, 0.25) is 0 Å². The van der Waals surface area contributed by atoms with Crippen molar-refractivity contribution in [1.29, 1.82) is 0 Å². The summed E-state index contributed by atoms with van der Waals surface area (Å²) in [5, 5.41) is 4.61. The molecule has 0 aliphatic carbocycles. The van der Waals surface area contributed by atoms with Gasteiger partial charge in [0.1, 0.15) is 0 Å². The SMILES string of the molecule is C.C/C=C\CC.C=C(C)Nc1ccc2c(c1)CCCN2CC(/C=C\C)=C/C.CCC.Cc1ccc2cc(C)[nH]c2c1.[CH3-].[Nd]. The van der Waals surface area contributed by atoms with E-state index < -0.39 is 0 Å². The van der Waals surface area contributed by atoms with Crippen LogP contribution in [-0.2, 0) is 6.42 Å². The van der Waals surface area contributed by atoms with Gasteiger partial charge in [0.15, 0.2) is 0 Å². The maximum atomic E-state index is 3.91. The maximum Gasteiger partial charge on any atom is 0.0458 e. The van der Waals surface area contributed by atoms with Crippen LogP contribution in [0.4, 0.5) is 11.4 Å². The molecule has 0 unspecified atom stereocenters. The summed E-state index contributed by atoms with van der Waals surface area (Å²) in [6.07, 6.45) is 15.5. The third-order valence-electron chi connectivity index (χ3n) is 6.16. The number of allylic oxidation sites excluding steroid dienone is 5. The second kappa shape index (κ2) is 26.3. The minimum Gasteiger partial charge on any atom is -0.367 e. The molecule has 1 aliphatic rings. The molecule has 0 radical (unpaired) electrons. The van der Waals surface area contributed by atoms with Crippen LogP contribution in [0.15, 0.2) is 90.7 Å². The quantitative estimate of drug-likeness (QED) is 0.151. The van der Waals surface area contributed by atoms with Gasteiger partial charge in [-0.25, -0.2) is 0 Å². The van der Waals surface area contributed by atoms with Crippen molar-refractivity contribution >= 4 is 22.3 Å². The van der Waals surface area contributed by atoms with Crippen molar-refractivity contribution in [2.45, 2.75) is 95.4 Å². The Morgan fingerprint density at radius 3 is 2.21 bits per heavy atom. The van der Waals surface area contributed by atoms with Gasteiger partial charge in [-0.1, -0.05) is 83.7 Å². The standard InChI is InChI=1S/C19H26N2.C10H11N.C5H10.C3H8.CH4.CH3.Nd/c1-5-8-16(6-2)14-21-12-7-9-17-13-18(20-15(3)4)10-11-19(17)21;1-7-3-4-9-6-8(2)11-10(9)5-7;1-3-5-4-2;1-3-2;;;/h5-6,8,10-11,13,20H,3,7,9,12,14H2,1-2,4H3;3-6,11H,1-2H3;3,5H,4H2,1-2H3;3H2,1-2H3;1H4;1H3;/q;;;;;-1;/b8-5-,16-6+;;5-3-;;;;. The molecule has 4 rings (SSSR count). The predicted molar refractivity (Wildman–Crippen MR) is 196 cm³/mol. The van der Waals surface area contributed by atoms with Gasteiger partial charge in [-0.2, -0.15) is 0 Å². The molecule has 0 fully saturated rings. The molecule has 43 heavy (non-hydrogen) atoms. The molecule has 1 aliphatic heterocycles. The Hall–Kier alpha value is -2.11. The van der Waals surface area contributed by atoms with E-state index in [-0.39, 0.29) is 55.7 Å². The number of aryl methyl sites for hydroxylation is 3. The van der Waals surface area contributed by atoms with Crippen LogP contribution < -0.4 is 10.2 Å². The van der Waals surface area contributed by atoms with Crippen molar-refractivity contribution in [3.63, 3.8) is 0 Å². The monoisotopic (exact) mass is 714 g/mol. The minimum absolute atomic E-state index is 0. The molecule has 238 valence electrons. The summed E-state index contributed by atoms with van der Waals surface area (Å²) >= 11 is 0. The van der Waals surface area contributed by atoms with E-state index >= 15 is 0 Å². The molecule has 0 atom stereocenters. The van der Waals surface area contributed by atoms with Crippen LogP contribution in [0.1, 0.15) is 92.0 Å². The van der Waals surface area contributed by atoms with Crippen LogP contribution >= 0.6 is 0 Å². The summed E-state index contributed by atoms with van der Waals surface area (Å²) in [5.74, 6) is 0. The van der Waals surface area contributed by atoms with E-state index in [1.54, 1.807) is 0 Å². The first-order valence-corrected chi connectivity index (χ1v) is 15.0. The van der Waals surface area contributed by atoms with Gasteiger partial charge in [-0.15, -0.1) is 0 Å². The smallest absolute Gasteiger partial charge is 0.0458 e. The first kappa shape index (κ1) is 45.3. The molecular weight excluding hydrogens is 655 g/mol. The Balaban J connectivity index is -0.000000612. The number of H-pyrrole nitrogens is 1. The number of nitrogens with zero attached hydrogens (tertiary/aromatic N) is 1. The van der Waals surface area contributed by atoms with Crippen molar-refractivity contribution in [1.82, 2.24) is 4.98 Å². The Kier molecular flexibility index (Phi) is 27.7. The summed E-state index contributed by atoms with van der Waals surface area (Å²) in [4.78, 5) is 5.78. The Morgan fingerprint density at radius 1 is 1.00 bits per heavy atom. The Bertz CT molecular complexity index is 1250. The van der Waals surface area contributed by atoms with E-state index in [2.05, 4.69) is 143 Å². The fraction of sp³-hybridized carbons (Fsp3) is 0.410. The zero-order chi connectivity index (χ0) is 29.9. The second-order valence-corrected chi connectivity index (χ2v) is 10.4. The molecule has 0 saturated heterocycles. The Labute approximate surface area is 299 Å². The van der Waals surface area contributed by atoms with Gasteiger partial charge in [0.25, 0.3) is 0 Å². The summed E-state index contributed by atoms with van der Waals surface area (Å²) in [6.45, 7) is 24.8. The zero-order valence-electron chi connectivity index (χ0n) is 28.3. The first-order chi connectivity index (χ1) is 19.2. The third kappa shape index (κ3) is 17.7. The number of rotatable bonds is 6. The molecule has 4 heteroatoms. The van der Waals surface area contributed by atoms with Crippen molar-refractivity contribution in [2.75, 3.05) is 23.3 Å². The average Bonchev–Trinajstić information content (AvgIpc) is 3.29. The van der Waals surface area contributed by atoms with Gasteiger partial charge >= 0.3 is 0 Å². The number of aromatic amines is 1. The first-order valence-electron chi connectivity index (χ1n) is 15.0. The van der Waals surface area contributed by atoms with Crippen LogP contribution in [0, 0.1) is 62.1 Å². The average molecular weight is 717 g/mol. The van der Waals surface area contributed by atoms with Gasteiger partial charge in [-0.05, 0) is 113 Å². The topological polar surface area (TPSA) is 31.1 Å². The number of hydrogen-bond acceptors (Lipinski definition) is 2. The molecule has 0 bridgehead atoms. The number of fused-ring (bicyclic) bond motifs is 2. The molecule has 0 saturated carbocycles. The van der Waals surface area contributed by atoms with Crippen LogP contribution in [0.25, 0.3) is 10.9 Å². The molecule has 3 nitrogen and oxygen atoms in total. The van der Waals surface area contributed by atoms with Gasteiger partial charge in [0.2, 0.25) is 0 Å². The van der Waals surface area contributed by atoms with Crippen molar-refractivity contribution < 1.29 is 40.8 Å². The minimum atomic E-state index is 0. The van der Waals surface area contributed by atoms with E-state index in [1.165, 1.54) is 51.8 Å². The maximum absolute atomic E-state index is 3.91. The molecule has 2 heterocycles. The third-order valence-corrected chi connectivity index (χ3v) is 6.16. The van der Waals surface area contributed by atoms with Crippen molar-refractivity contribution in [2.24, 2.45) is 0 Å². The zero-order valence-corrected chi connectivity index (χ0v) is 31.5. The number of nitrogens with one attached hydrogen (secondary N) is 2. The van der Waals surface area contributed by atoms with Gasteiger partial charge in [0.05, 0.1) is 0 Å². The molecule has 0 amide bonds. The van der Waals surface area contributed by atoms with Crippen LogP contribution in [0.5, 0.6) is 0 Å². The molecular formula is C39H62N3Nd-. The van der Waals surface area contributed by atoms with E-state index in [0.29, 0.717) is 0 Å². The number of hydrogen-bond donors (Lipinski definition) is 2. The van der Waals surface area contributed by atoms with Crippen LogP contribution in [0.3, 0.4) is 0 Å². The number of aromatic nitrogens is 1. The second-order valence-electron chi connectivity index (χ2n) is 10.4. The molecule has 1 aromatic heterocycles. The van der Waals surface area contributed by atoms with E-state index in [4.69, 9.17) is 0 Å². The van der Waals surface area contributed by atoms with Gasteiger partial charge < -0.3 is 22.6 Å². The normalized spacial score (nSPS) is 11.7. The molecule has 2 N–H and O–H groups in total. The van der Waals surface area contributed by atoms with E-state index in [1.807, 2.05) is 13.8 Å². The number of anilines is 2. The van der Waals surface area contributed by atoms with Crippen molar-refractivity contribution in [3.05, 3.63) is 115 Å².